The van der Waals surface area contributed by atoms with E-state index in [0.717, 1.165) is 19.6 Å². The molecule has 0 radical (unpaired) electrons. The molecule has 1 aliphatic heterocycles. The standard InChI is InChI=1S/C14H21ClN4O/c15-13-9-11(12(16)10-18-13)14(20)17-5-8-19-6-3-1-2-4-7-19/h9-10H,1-8,16H2,(H,17,20). The molecule has 0 bridgehead atoms. The summed E-state index contributed by atoms with van der Waals surface area (Å²) in [6, 6.07) is 1.50. The Morgan fingerprint density at radius 3 is 2.75 bits per heavy atom. The normalized spacial score (nSPS) is 16.6. The largest absolute Gasteiger partial charge is 0.397 e. The van der Waals surface area contributed by atoms with E-state index in [0.29, 0.717) is 17.8 Å². The summed E-state index contributed by atoms with van der Waals surface area (Å²) < 4.78 is 0. The molecule has 0 spiro atoms. The van der Waals surface area contributed by atoms with Gasteiger partial charge in [0.25, 0.3) is 5.91 Å². The highest BCUT2D eigenvalue weighted by atomic mass is 35.5. The Morgan fingerprint density at radius 1 is 1.35 bits per heavy atom. The van der Waals surface area contributed by atoms with Crippen LogP contribution in [0.1, 0.15) is 36.0 Å². The second-order valence-corrected chi connectivity index (χ2v) is 5.49. The fraction of sp³-hybridized carbons (Fsp3) is 0.571. The Balaban J connectivity index is 1.81. The summed E-state index contributed by atoms with van der Waals surface area (Å²) in [5.74, 6) is -0.193. The van der Waals surface area contributed by atoms with Gasteiger partial charge in [-0.2, -0.15) is 0 Å². The van der Waals surface area contributed by atoms with Gasteiger partial charge in [0.15, 0.2) is 0 Å². The third kappa shape index (κ3) is 4.35. The van der Waals surface area contributed by atoms with E-state index in [1.807, 2.05) is 0 Å². The zero-order chi connectivity index (χ0) is 14.4. The molecule has 1 fully saturated rings. The third-order valence-electron chi connectivity index (χ3n) is 3.56. The molecule has 0 aromatic carbocycles. The van der Waals surface area contributed by atoms with Crippen molar-refractivity contribution >= 4 is 23.2 Å². The maximum atomic E-state index is 12.0. The van der Waals surface area contributed by atoms with E-state index in [2.05, 4.69) is 15.2 Å². The molecule has 2 rings (SSSR count). The van der Waals surface area contributed by atoms with Gasteiger partial charge in [-0.3, -0.25) is 4.79 Å². The number of hydrogen-bond acceptors (Lipinski definition) is 4. The summed E-state index contributed by atoms with van der Waals surface area (Å²) in [7, 11) is 0. The number of amides is 1. The molecule has 2 heterocycles. The molecular formula is C14H21ClN4O. The van der Waals surface area contributed by atoms with Crippen molar-refractivity contribution in [3.05, 3.63) is 23.0 Å². The lowest BCUT2D eigenvalue weighted by molar-refractivity contribution is 0.0949. The minimum Gasteiger partial charge on any atom is -0.397 e. The highest BCUT2D eigenvalue weighted by Crippen LogP contribution is 2.14. The van der Waals surface area contributed by atoms with E-state index in [-0.39, 0.29) is 11.1 Å². The van der Waals surface area contributed by atoms with Crippen LogP contribution in [-0.4, -0.2) is 42.0 Å². The number of nitrogen functional groups attached to an aromatic ring is 1. The van der Waals surface area contributed by atoms with E-state index >= 15 is 0 Å². The van der Waals surface area contributed by atoms with Crippen LogP contribution in [0.15, 0.2) is 12.3 Å². The molecule has 1 aromatic heterocycles. The van der Waals surface area contributed by atoms with Gasteiger partial charge in [0.2, 0.25) is 0 Å². The Kier molecular flexibility index (Phi) is 5.61. The van der Waals surface area contributed by atoms with E-state index in [1.54, 1.807) is 0 Å². The van der Waals surface area contributed by atoms with Crippen molar-refractivity contribution in [3.63, 3.8) is 0 Å². The number of halogens is 1. The molecule has 20 heavy (non-hydrogen) atoms. The second-order valence-electron chi connectivity index (χ2n) is 5.11. The van der Waals surface area contributed by atoms with Crippen LogP contribution < -0.4 is 11.1 Å². The average Bonchev–Trinajstić information content (AvgIpc) is 2.70. The first-order valence-electron chi connectivity index (χ1n) is 7.08. The minimum atomic E-state index is -0.193. The van der Waals surface area contributed by atoms with Crippen molar-refractivity contribution in [1.29, 1.82) is 0 Å². The van der Waals surface area contributed by atoms with Gasteiger partial charge in [-0.05, 0) is 32.0 Å². The van der Waals surface area contributed by atoms with Gasteiger partial charge in [-0.25, -0.2) is 4.98 Å². The fourth-order valence-electron chi connectivity index (χ4n) is 2.42. The Hall–Kier alpha value is -1.33. The predicted octanol–water partition coefficient (Wildman–Crippen LogP) is 1.92. The highest BCUT2D eigenvalue weighted by molar-refractivity contribution is 6.29. The molecule has 1 aromatic rings. The molecule has 0 unspecified atom stereocenters. The SMILES string of the molecule is Nc1cnc(Cl)cc1C(=O)NCCN1CCCCCC1. The number of pyridine rings is 1. The molecule has 1 aliphatic rings. The lowest BCUT2D eigenvalue weighted by Crippen LogP contribution is -2.35. The Bertz CT molecular complexity index is 458. The Labute approximate surface area is 124 Å². The van der Waals surface area contributed by atoms with Crippen molar-refractivity contribution in [1.82, 2.24) is 15.2 Å². The smallest absolute Gasteiger partial charge is 0.253 e. The van der Waals surface area contributed by atoms with Crippen LogP contribution in [-0.2, 0) is 0 Å². The first kappa shape index (κ1) is 15.1. The quantitative estimate of drug-likeness (QED) is 0.833. The summed E-state index contributed by atoms with van der Waals surface area (Å²) in [6.45, 7) is 3.75. The number of carbonyl (C=O) groups is 1. The number of aromatic nitrogens is 1. The number of rotatable bonds is 4. The molecular weight excluding hydrogens is 276 g/mol. The number of nitrogens with zero attached hydrogens (tertiary/aromatic N) is 2. The molecule has 1 saturated heterocycles. The molecule has 0 saturated carbocycles. The van der Waals surface area contributed by atoms with Gasteiger partial charge < -0.3 is 16.0 Å². The van der Waals surface area contributed by atoms with Crippen LogP contribution in [0.2, 0.25) is 5.15 Å². The average molecular weight is 297 g/mol. The van der Waals surface area contributed by atoms with Gasteiger partial charge >= 0.3 is 0 Å². The van der Waals surface area contributed by atoms with E-state index in [1.165, 1.54) is 37.9 Å². The predicted molar refractivity (Wildman–Crippen MR) is 80.9 cm³/mol. The maximum Gasteiger partial charge on any atom is 0.253 e. The van der Waals surface area contributed by atoms with Crippen molar-refractivity contribution in [2.24, 2.45) is 0 Å². The minimum absolute atomic E-state index is 0.193. The molecule has 0 aliphatic carbocycles. The van der Waals surface area contributed by atoms with Crippen LogP contribution in [0.5, 0.6) is 0 Å². The van der Waals surface area contributed by atoms with Crippen molar-refractivity contribution in [2.75, 3.05) is 31.9 Å². The molecule has 1 amide bonds. The van der Waals surface area contributed by atoms with E-state index in [4.69, 9.17) is 17.3 Å². The number of nitrogens with one attached hydrogen (secondary N) is 1. The van der Waals surface area contributed by atoms with Crippen LogP contribution in [0.4, 0.5) is 5.69 Å². The summed E-state index contributed by atoms with van der Waals surface area (Å²) in [4.78, 5) is 18.3. The van der Waals surface area contributed by atoms with Gasteiger partial charge in [0.1, 0.15) is 5.15 Å². The zero-order valence-electron chi connectivity index (χ0n) is 11.6. The highest BCUT2D eigenvalue weighted by Gasteiger charge is 2.12. The molecule has 3 N–H and O–H groups in total. The van der Waals surface area contributed by atoms with Crippen LogP contribution in [0.3, 0.4) is 0 Å². The lowest BCUT2D eigenvalue weighted by atomic mass is 10.2. The first-order chi connectivity index (χ1) is 9.66. The zero-order valence-corrected chi connectivity index (χ0v) is 12.3. The maximum absolute atomic E-state index is 12.0. The van der Waals surface area contributed by atoms with Crippen LogP contribution >= 0.6 is 11.6 Å². The molecule has 0 atom stereocenters. The Morgan fingerprint density at radius 2 is 2.05 bits per heavy atom. The number of hydrogen-bond donors (Lipinski definition) is 2. The summed E-state index contributed by atoms with van der Waals surface area (Å²) in [6.07, 6.45) is 6.54. The number of nitrogens with two attached hydrogens (primary N) is 1. The monoisotopic (exact) mass is 296 g/mol. The number of likely N-dealkylation sites (tertiary alicyclic amines) is 1. The summed E-state index contributed by atoms with van der Waals surface area (Å²) >= 11 is 5.78. The van der Waals surface area contributed by atoms with Gasteiger partial charge in [-0.15, -0.1) is 0 Å². The van der Waals surface area contributed by atoms with Crippen molar-refractivity contribution in [2.45, 2.75) is 25.7 Å². The number of anilines is 1. The first-order valence-corrected chi connectivity index (χ1v) is 7.46. The number of carbonyl (C=O) groups excluding carboxylic acids is 1. The lowest BCUT2D eigenvalue weighted by Gasteiger charge is -2.19. The van der Waals surface area contributed by atoms with Crippen LogP contribution in [0, 0.1) is 0 Å². The topological polar surface area (TPSA) is 71.2 Å². The van der Waals surface area contributed by atoms with Crippen molar-refractivity contribution < 1.29 is 4.79 Å². The third-order valence-corrected chi connectivity index (χ3v) is 3.77. The summed E-state index contributed by atoms with van der Waals surface area (Å²) in [5, 5.41) is 3.16. The van der Waals surface area contributed by atoms with Gasteiger partial charge in [0, 0.05) is 13.1 Å². The van der Waals surface area contributed by atoms with Gasteiger partial charge in [0.05, 0.1) is 17.4 Å². The van der Waals surface area contributed by atoms with Crippen molar-refractivity contribution in [3.8, 4) is 0 Å². The molecule has 5 nitrogen and oxygen atoms in total. The molecule has 110 valence electrons. The fourth-order valence-corrected chi connectivity index (χ4v) is 2.58. The van der Waals surface area contributed by atoms with E-state index < -0.39 is 0 Å². The second kappa shape index (κ2) is 7.45. The summed E-state index contributed by atoms with van der Waals surface area (Å²) in [5.41, 5.74) is 6.47. The van der Waals surface area contributed by atoms with Gasteiger partial charge in [-0.1, -0.05) is 24.4 Å². The molecule has 6 heteroatoms. The van der Waals surface area contributed by atoms with E-state index in [9.17, 15) is 4.79 Å². The van der Waals surface area contributed by atoms with Crippen LogP contribution in [0.25, 0.3) is 0 Å².